The zero-order valence-electron chi connectivity index (χ0n) is 14.5. The molecule has 0 bridgehead atoms. The van der Waals surface area contributed by atoms with E-state index >= 15 is 0 Å². The molecule has 2 aliphatic rings. The average molecular weight is 338 g/mol. The van der Waals surface area contributed by atoms with Gasteiger partial charge in [0.05, 0.1) is 23.9 Å². The van der Waals surface area contributed by atoms with Gasteiger partial charge in [0.25, 0.3) is 0 Å². The summed E-state index contributed by atoms with van der Waals surface area (Å²) in [6, 6.07) is 7.23. The zero-order valence-corrected chi connectivity index (χ0v) is 14.5. The van der Waals surface area contributed by atoms with Gasteiger partial charge in [0.2, 0.25) is 11.9 Å². The Kier molecular flexibility index (Phi) is 3.54. The van der Waals surface area contributed by atoms with Crippen LogP contribution in [0.3, 0.4) is 0 Å². The molecular formula is C19H22N4O2. The van der Waals surface area contributed by atoms with E-state index in [2.05, 4.69) is 0 Å². The number of hydrogen-bond acceptors (Lipinski definition) is 5. The summed E-state index contributed by atoms with van der Waals surface area (Å²) in [4.78, 5) is 22.9. The number of fused-ring (bicyclic) bond motifs is 1. The van der Waals surface area contributed by atoms with E-state index in [4.69, 9.17) is 15.7 Å². The number of nitrogens with zero attached hydrogens (tertiary/aromatic N) is 3. The topological polar surface area (TPSA) is 92.3 Å². The van der Waals surface area contributed by atoms with Crippen molar-refractivity contribution < 1.29 is 9.90 Å². The highest BCUT2D eigenvalue weighted by molar-refractivity contribution is 5.93. The van der Waals surface area contributed by atoms with Gasteiger partial charge < -0.3 is 15.7 Å². The van der Waals surface area contributed by atoms with Crippen LogP contribution < -0.4 is 10.6 Å². The second-order valence-corrected chi connectivity index (χ2v) is 7.25. The molecule has 1 aromatic heterocycles. The molecule has 130 valence electrons. The van der Waals surface area contributed by atoms with E-state index in [1.165, 1.54) is 5.56 Å². The van der Waals surface area contributed by atoms with Crippen LogP contribution in [0.2, 0.25) is 0 Å². The molecule has 1 fully saturated rings. The Balaban J connectivity index is 1.76. The number of aryl methyl sites for hydroxylation is 1. The number of rotatable bonds is 3. The van der Waals surface area contributed by atoms with Gasteiger partial charge in [-0.15, -0.1) is 0 Å². The summed E-state index contributed by atoms with van der Waals surface area (Å²) in [5.74, 6) is 0.241. The number of carbonyl (C=O) groups is 1. The number of carbonyl (C=O) groups excluding carboxylic acids is 1. The summed E-state index contributed by atoms with van der Waals surface area (Å²) >= 11 is 0. The standard InChI is InChI=1S/C19H22N4O2/c1-11-19(2,25)10-23(11)18-21-15-5-3-4-14(15)16(22-18)12-6-8-13(9-7-12)17(20)24/h6-9,11,25H,3-5,10H2,1-2H3,(H2,20,24)/t11-,19+/m0/s1. The van der Waals surface area contributed by atoms with Crippen molar-refractivity contribution in [2.24, 2.45) is 5.73 Å². The first-order valence-electron chi connectivity index (χ1n) is 8.66. The predicted molar refractivity (Wildman–Crippen MR) is 95.4 cm³/mol. The van der Waals surface area contributed by atoms with Gasteiger partial charge in [-0.1, -0.05) is 12.1 Å². The van der Waals surface area contributed by atoms with Gasteiger partial charge in [-0.25, -0.2) is 9.97 Å². The Morgan fingerprint density at radius 3 is 2.60 bits per heavy atom. The quantitative estimate of drug-likeness (QED) is 0.888. The van der Waals surface area contributed by atoms with Crippen LogP contribution in [-0.2, 0) is 12.8 Å². The van der Waals surface area contributed by atoms with Crippen LogP contribution >= 0.6 is 0 Å². The second-order valence-electron chi connectivity index (χ2n) is 7.25. The lowest BCUT2D eigenvalue weighted by molar-refractivity contribution is -0.00903. The van der Waals surface area contributed by atoms with Crippen LogP contribution in [0.15, 0.2) is 24.3 Å². The highest BCUT2D eigenvalue weighted by Crippen LogP contribution is 2.36. The first kappa shape index (κ1) is 16.0. The maximum absolute atomic E-state index is 11.3. The predicted octanol–water partition coefficient (Wildman–Crippen LogP) is 1.69. The molecule has 3 N–H and O–H groups in total. The average Bonchev–Trinajstić information content (AvgIpc) is 3.07. The van der Waals surface area contributed by atoms with E-state index < -0.39 is 11.5 Å². The van der Waals surface area contributed by atoms with Crippen LogP contribution in [-0.4, -0.2) is 39.2 Å². The normalized spacial score (nSPS) is 24.8. The largest absolute Gasteiger partial charge is 0.386 e. The van der Waals surface area contributed by atoms with Gasteiger partial charge >= 0.3 is 0 Å². The summed E-state index contributed by atoms with van der Waals surface area (Å²) in [7, 11) is 0. The first-order chi connectivity index (χ1) is 11.9. The third-order valence-electron chi connectivity index (χ3n) is 5.48. The highest BCUT2D eigenvalue weighted by atomic mass is 16.3. The van der Waals surface area contributed by atoms with Gasteiger partial charge in [0.1, 0.15) is 0 Å². The lowest BCUT2D eigenvalue weighted by Crippen LogP contribution is -2.67. The molecule has 2 aromatic rings. The Hall–Kier alpha value is -2.47. The SMILES string of the molecule is C[C@@H]1N(c2nc3c(c(-c4ccc(C(N)=O)cc4)n2)CCC3)C[C@@]1(C)O. The molecule has 1 amide bonds. The minimum Gasteiger partial charge on any atom is -0.386 e. The molecule has 25 heavy (non-hydrogen) atoms. The Morgan fingerprint density at radius 1 is 1.28 bits per heavy atom. The molecule has 2 atom stereocenters. The molecular weight excluding hydrogens is 316 g/mol. The number of aliphatic hydroxyl groups is 1. The van der Waals surface area contributed by atoms with Gasteiger partial charge in [-0.3, -0.25) is 4.79 Å². The van der Waals surface area contributed by atoms with Gasteiger partial charge in [0, 0.05) is 22.4 Å². The number of benzene rings is 1. The lowest BCUT2D eigenvalue weighted by Gasteiger charge is -2.51. The maximum Gasteiger partial charge on any atom is 0.248 e. The van der Waals surface area contributed by atoms with E-state index in [1.54, 1.807) is 12.1 Å². The number of primary amides is 1. The van der Waals surface area contributed by atoms with Crippen LogP contribution in [0.4, 0.5) is 5.95 Å². The molecule has 6 nitrogen and oxygen atoms in total. The van der Waals surface area contributed by atoms with E-state index in [-0.39, 0.29) is 6.04 Å². The number of nitrogens with two attached hydrogens (primary N) is 1. The van der Waals surface area contributed by atoms with E-state index in [1.807, 2.05) is 30.9 Å². The minimum absolute atomic E-state index is 0.0166. The molecule has 4 rings (SSSR count). The van der Waals surface area contributed by atoms with Crippen LogP contribution in [0, 0.1) is 0 Å². The van der Waals surface area contributed by atoms with Crippen molar-refractivity contribution in [3.05, 3.63) is 41.1 Å². The summed E-state index contributed by atoms with van der Waals surface area (Å²) in [5.41, 5.74) is 9.29. The molecule has 1 aliphatic heterocycles. The van der Waals surface area contributed by atoms with E-state index in [0.717, 1.165) is 36.2 Å². The Morgan fingerprint density at radius 2 is 2.00 bits per heavy atom. The third-order valence-corrected chi connectivity index (χ3v) is 5.48. The van der Waals surface area contributed by atoms with Crippen LogP contribution in [0.5, 0.6) is 0 Å². The van der Waals surface area contributed by atoms with Crippen LogP contribution in [0.1, 0.15) is 41.9 Å². The molecule has 0 saturated carbocycles. The van der Waals surface area contributed by atoms with Gasteiger partial charge in [0.15, 0.2) is 0 Å². The molecule has 0 unspecified atom stereocenters. The molecule has 1 aliphatic carbocycles. The molecule has 6 heteroatoms. The maximum atomic E-state index is 11.3. The van der Waals surface area contributed by atoms with Crippen molar-refractivity contribution >= 4 is 11.9 Å². The third kappa shape index (κ3) is 2.57. The molecule has 1 aromatic carbocycles. The number of hydrogen-bond donors (Lipinski definition) is 2. The molecule has 2 heterocycles. The van der Waals surface area contributed by atoms with Crippen molar-refractivity contribution in [1.29, 1.82) is 0 Å². The molecule has 0 spiro atoms. The minimum atomic E-state index is -0.703. The molecule has 1 saturated heterocycles. The number of amides is 1. The summed E-state index contributed by atoms with van der Waals surface area (Å²) in [6.07, 6.45) is 3.00. The fraction of sp³-hybridized carbons (Fsp3) is 0.421. The number of aromatic nitrogens is 2. The summed E-state index contributed by atoms with van der Waals surface area (Å²) < 4.78 is 0. The number of β-amino-alcohol motifs (C(OH)–C–C–N with tert-alkyl or cyclic N) is 1. The first-order valence-corrected chi connectivity index (χ1v) is 8.66. The van der Waals surface area contributed by atoms with Gasteiger partial charge in [-0.2, -0.15) is 0 Å². The van der Waals surface area contributed by atoms with Crippen molar-refractivity contribution in [2.75, 3.05) is 11.4 Å². The number of anilines is 1. The Bertz CT molecular complexity index is 845. The van der Waals surface area contributed by atoms with Crippen molar-refractivity contribution in [3.8, 4) is 11.3 Å². The van der Waals surface area contributed by atoms with E-state index in [0.29, 0.717) is 18.1 Å². The Labute approximate surface area is 146 Å². The second kappa shape index (κ2) is 5.52. The van der Waals surface area contributed by atoms with Gasteiger partial charge in [-0.05, 0) is 45.2 Å². The fourth-order valence-corrected chi connectivity index (χ4v) is 3.66. The summed E-state index contributed by atoms with van der Waals surface area (Å²) in [5, 5.41) is 10.2. The fourth-order valence-electron chi connectivity index (χ4n) is 3.66. The van der Waals surface area contributed by atoms with Crippen molar-refractivity contribution in [1.82, 2.24) is 9.97 Å². The highest BCUT2D eigenvalue weighted by Gasteiger charge is 2.46. The summed E-state index contributed by atoms with van der Waals surface area (Å²) in [6.45, 7) is 4.36. The van der Waals surface area contributed by atoms with Crippen molar-refractivity contribution in [3.63, 3.8) is 0 Å². The monoisotopic (exact) mass is 338 g/mol. The smallest absolute Gasteiger partial charge is 0.248 e. The van der Waals surface area contributed by atoms with Crippen molar-refractivity contribution in [2.45, 2.75) is 44.8 Å². The van der Waals surface area contributed by atoms with E-state index in [9.17, 15) is 9.90 Å². The molecule has 0 radical (unpaired) electrons. The zero-order chi connectivity index (χ0) is 17.8. The lowest BCUT2D eigenvalue weighted by atomic mass is 9.87. The van der Waals surface area contributed by atoms with Crippen LogP contribution in [0.25, 0.3) is 11.3 Å².